The van der Waals surface area contributed by atoms with Crippen LogP contribution in [-0.4, -0.2) is 11.4 Å². The number of phenols is 1. The Kier molecular flexibility index (Phi) is 2.25. The summed E-state index contributed by atoms with van der Waals surface area (Å²) in [5.74, 6) is 0.250. The predicted molar refractivity (Wildman–Crippen MR) is 61.6 cm³/mol. The van der Waals surface area contributed by atoms with Gasteiger partial charge in [0.2, 0.25) is 0 Å². The van der Waals surface area contributed by atoms with E-state index in [-0.39, 0.29) is 5.75 Å². The van der Waals surface area contributed by atoms with Crippen LogP contribution < -0.4 is 0 Å². The molecule has 0 spiro atoms. The molecule has 1 aromatic carbocycles. The lowest BCUT2D eigenvalue weighted by atomic mass is 10.2. The lowest BCUT2D eigenvalue weighted by molar-refractivity contribution is 0.112. The Balaban J connectivity index is 2.82. The normalized spacial score (nSPS) is 10.5. The topological polar surface area (TPSA) is 37.3 Å². The number of rotatable bonds is 1. The highest BCUT2D eigenvalue weighted by Crippen LogP contribution is 2.33. The minimum absolute atomic E-state index is 0.250. The zero-order chi connectivity index (χ0) is 9.42. The third kappa shape index (κ3) is 1.55. The maximum Gasteiger partial charge on any atom is 0.160 e. The molecule has 1 aromatic heterocycles. The molecular weight excluding hydrogens is 299 g/mol. The fraction of sp³-hybridized carbons (Fsp3) is 0. The molecule has 1 heterocycles. The fourth-order valence-electron chi connectivity index (χ4n) is 1.18. The van der Waals surface area contributed by atoms with Crippen LogP contribution in [0.5, 0.6) is 5.75 Å². The molecule has 2 nitrogen and oxygen atoms in total. The first-order valence-corrected chi connectivity index (χ1v) is 5.47. The molecule has 0 radical (unpaired) electrons. The molecular formula is C9H5IO2S. The second-order valence-corrected chi connectivity index (χ2v) is 4.94. The number of hydrogen-bond donors (Lipinski definition) is 1. The van der Waals surface area contributed by atoms with Gasteiger partial charge in [-0.1, -0.05) is 0 Å². The molecule has 0 saturated carbocycles. The first-order chi connectivity index (χ1) is 6.20. The predicted octanol–water partition coefficient (Wildman–Crippen LogP) is 3.02. The Bertz CT molecular complexity index is 476. The van der Waals surface area contributed by atoms with Gasteiger partial charge in [0.25, 0.3) is 0 Å². The van der Waals surface area contributed by atoms with Crippen LogP contribution in [0.25, 0.3) is 10.1 Å². The third-order valence-corrected chi connectivity index (χ3v) is 3.42. The summed E-state index contributed by atoms with van der Waals surface area (Å²) in [6.07, 6.45) is 0.803. The number of carbonyl (C=O) groups excluding carboxylic acids is 1. The van der Waals surface area contributed by atoms with Gasteiger partial charge in [0.1, 0.15) is 5.75 Å². The molecule has 0 aliphatic rings. The Morgan fingerprint density at radius 3 is 2.85 bits per heavy atom. The average molecular weight is 304 g/mol. The summed E-state index contributed by atoms with van der Waals surface area (Å²) in [7, 11) is 0. The van der Waals surface area contributed by atoms with E-state index in [1.807, 2.05) is 6.07 Å². The second-order valence-electron chi connectivity index (χ2n) is 2.61. The van der Waals surface area contributed by atoms with E-state index in [1.165, 1.54) is 11.3 Å². The minimum atomic E-state index is 0.250. The highest BCUT2D eigenvalue weighted by molar-refractivity contribution is 14.1. The molecule has 0 bridgehead atoms. The highest BCUT2D eigenvalue weighted by atomic mass is 127. The first-order valence-electron chi connectivity index (χ1n) is 3.58. The number of aromatic hydroxyl groups is 1. The van der Waals surface area contributed by atoms with Crippen molar-refractivity contribution in [2.45, 2.75) is 0 Å². The van der Waals surface area contributed by atoms with E-state index in [4.69, 9.17) is 0 Å². The number of halogens is 1. The van der Waals surface area contributed by atoms with Crippen molar-refractivity contribution in [3.63, 3.8) is 0 Å². The monoisotopic (exact) mass is 304 g/mol. The molecule has 0 saturated heterocycles. The second kappa shape index (κ2) is 3.26. The minimum Gasteiger partial charge on any atom is -0.506 e. The number of aldehydes is 1. The van der Waals surface area contributed by atoms with Crippen LogP contribution in [0.4, 0.5) is 0 Å². The van der Waals surface area contributed by atoms with Gasteiger partial charge in [-0.3, -0.25) is 4.79 Å². The number of thiophene rings is 1. The van der Waals surface area contributed by atoms with Crippen molar-refractivity contribution in [2.75, 3.05) is 0 Å². The summed E-state index contributed by atoms with van der Waals surface area (Å²) < 4.78 is 1.75. The Morgan fingerprint density at radius 2 is 2.15 bits per heavy atom. The molecule has 1 N–H and O–H groups in total. The molecule has 0 atom stereocenters. The number of fused-ring (bicyclic) bond motifs is 1. The van der Waals surface area contributed by atoms with Gasteiger partial charge in [0.15, 0.2) is 6.29 Å². The summed E-state index contributed by atoms with van der Waals surface area (Å²) in [5.41, 5.74) is 0. The Morgan fingerprint density at radius 1 is 1.38 bits per heavy atom. The van der Waals surface area contributed by atoms with Gasteiger partial charge in [0, 0.05) is 3.57 Å². The Hall–Kier alpha value is -0.620. The van der Waals surface area contributed by atoms with E-state index in [0.717, 1.165) is 19.9 Å². The van der Waals surface area contributed by atoms with E-state index in [1.54, 1.807) is 12.1 Å². The Labute approximate surface area is 92.3 Å². The fourth-order valence-corrected chi connectivity index (χ4v) is 2.68. The SMILES string of the molecule is O=Cc1cc2cc(I)cc(O)c2s1. The van der Waals surface area contributed by atoms with Crippen LogP contribution in [0.3, 0.4) is 0 Å². The van der Waals surface area contributed by atoms with Gasteiger partial charge in [-0.2, -0.15) is 0 Å². The van der Waals surface area contributed by atoms with Crippen LogP contribution >= 0.6 is 33.9 Å². The lowest BCUT2D eigenvalue weighted by Crippen LogP contribution is -1.70. The van der Waals surface area contributed by atoms with E-state index in [9.17, 15) is 9.90 Å². The molecule has 4 heteroatoms. The van der Waals surface area contributed by atoms with Gasteiger partial charge in [-0.15, -0.1) is 11.3 Å². The van der Waals surface area contributed by atoms with Gasteiger partial charge in [-0.05, 0) is 46.2 Å². The van der Waals surface area contributed by atoms with Crippen molar-refractivity contribution in [2.24, 2.45) is 0 Å². The van der Waals surface area contributed by atoms with E-state index < -0.39 is 0 Å². The maximum atomic E-state index is 10.5. The van der Waals surface area contributed by atoms with Crippen molar-refractivity contribution in [3.8, 4) is 5.75 Å². The summed E-state index contributed by atoms with van der Waals surface area (Å²) in [4.78, 5) is 11.1. The van der Waals surface area contributed by atoms with Crippen LogP contribution in [0.1, 0.15) is 9.67 Å². The van der Waals surface area contributed by atoms with Crippen LogP contribution in [0.15, 0.2) is 18.2 Å². The standard InChI is InChI=1S/C9H5IO2S/c10-6-1-5-2-7(4-11)13-9(5)8(12)3-6/h1-4,12H. The van der Waals surface area contributed by atoms with E-state index in [2.05, 4.69) is 22.6 Å². The van der Waals surface area contributed by atoms with Crippen LogP contribution in [0.2, 0.25) is 0 Å². The largest absolute Gasteiger partial charge is 0.506 e. The zero-order valence-electron chi connectivity index (χ0n) is 6.45. The van der Waals surface area contributed by atoms with Gasteiger partial charge >= 0.3 is 0 Å². The zero-order valence-corrected chi connectivity index (χ0v) is 9.43. The molecule has 0 fully saturated rings. The molecule has 66 valence electrons. The first kappa shape index (κ1) is 8.96. The van der Waals surface area contributed by atoms with Gasteiger partial charge < -0.3 is 5.11 Å². The average Bonchev–Trinajstić information content (AvgIpc) is 2.47. The molecule has 13 heavy (non-hydrogen) atoms. The van der Waals surface area contributed by atoms with Crippen LogP contribution in [-0.2, 0) is 0 Å². The summed E-state index contributed by atoms with van der Waals surface area (Å²) in [6.45, 7) is 0. The highest BCUT2D eigenvalue weighted by Gasteiger charge is 2.06. The molecule has 0 aliphatic heterocycles. The quantitative estimate of drug-likeness (QED) is 0.649. The number of benzene rings is 1. The van der Waals surface area contributed by atoms with Crippen molar-refractivity contribution >= 4 is 50.3 Å². The molecule has 0 amide bonds. The van der Waals surface area contributed by atoms with Crippen molar-refractivity contribution in [1.82, 2.24) is 0 Å². The smallest absolute Gasteiger partial charge is 0.160 e. The number of hydrogen-bond acceptors (Lipinski definition) is 3. The molecule has 2 rings (SSSR count). The van der Waals surface area contributed by atoms with E-state index in [0.29, 0.717) is 4.88 Å². The molecule has 2 aromatic rings. The van der Waals surface area contributed by atoms with Gasteiger partial charge in [-0.25, -0.2) is 0 Å². The molecule has 0 unspecified atom stereocenters. The van der Waals surface area contributed by atoms with Crippen LogP contribution in [0, 0.1) is 3.57 Å². The lowest BCUT2D eigenvalue weighted by Gasteiger charge is -1.94. The van der Waals surface area contributed by atoms with Crippen molar-refractivity contribution in [1.29, 1.82) is 0 Å². The van der Waals surface area contributed by atoms with E-state index >= 15 is 0 Å². The summed E-state index contributed by atoms with van der Waals surface area (Å²) >= 11 is 3.44. The maximum absolute atomic E-state index is 10.5. The van der Waals surface area contributed by atoms with Crippen molar-refractivity contribution < 1.29 is 9.90 Å². The van der Waals surface area contributed by atoms with Crippen molar-refractivity contribution in [3.05, 3.63) is 26.6 Å². The number of phenolic OH excluding ortho intramolecular Hbond substituents is 1. The summed E-state index contributed by atoms with van der Waals surface area (Å²) in [5, 5.41) is 10.5. The third-order valence-electron chi connectivity index (χ3n) is 1.70. The molecule has 0 aliphatic carbocycles. The number of carbonyl (C=O) groups is 1. The summed E-state index contributed by atoms with van der Waals surface area (Å²) in [6, 6.07) is 5.42. The van der Waals surface area contributed by atoms with Gasteiger partial charge in [0.05, 0.1) is 9.58 Å².